The molecule has 2 N–H and O–H groups in total. The molecule has 1 unspecified atom stereocenters. The topological polar surface area (TPSA) is 56.7 Å². The molecule has 0 saturated carbocycles. The summed E-state index contributed by atoms with van der Waals surface area (Å²) in [7, 11) is 0. The van der Waals surface area contributed by atoms with Crippen molar-refractivity contribution in [1.29, 1.82) is 0 Å². The fourth-order valence-electron chi connectivity index (χ4n) is 0.990. The quantitative estimate of drug-likeness (QED) is 0.721. The Morgan fingerprint density at radius 1 is 1.67 bits per heavy atom. The highest BCUT2D eigenvalue weighted by Crippen LogP contribution is 2.14. The normalized spacial score (nSPS) is 13.2. The molecule has 1 heterocycles. The number of nitrogens with two attached hydrogens (primary N) is 1. The molecular formula is C8H16N4. The maximum absolute atomic E-state index is 5.39. The minimum Gasteiger partial charge on any atom is -0.329 e. The molecule has 0 amide bonds. The minimum absolute atomic E-state index is 0.497. The highest BCUT2D eigenvalue weighted by Gasteiger charge is 2.06. The highest BCUT2D eigenvalue weighted by molar-refractivity contribution is 4.99. The van der Waals surface area contributed by atoms with Crippen molar-refractivity contribution < 1.29 is 0 Å². The summed E-state index contributed by atoms with van der Waals surface area (Å²) in [5, 5.41) is 8.02. The van der Waals surface area contributed by atoms with Crippen molar-refractivity contribution in [2.75, 3.05) is 6.54 Å². The Kier molecular flexibility index (Phi) is 3.22. The zero-order valence-electron chi connectivity index (χ0n) is 7.70. The Labute approximate surface area is 72.8 Å². The maximum atomic E-state index is 5.39. The van der Waals surface area contributed by atoms with E-state index in [1.54, 1.807) is 4.68 Å². The Balaban J connectivity index is 2.63. The van der Waals surface area contributed by atoms with Crippen LogP contribution in [0.3, 0.4) is 0 Å². The van der Waals surface area contributed by atoms with E-state index in [0.29, 0.717) is 12.5 Å². The smallest absolute Gasteiger partial charge is 0.0855 e. The zero-order chi connectivity index (χ0) is 8.97. The Bertz CT molecular complexity index is 231. The maximum Gasteiger partial charge on any atom is 0.0855 e. The summed E-state index contributed by atoms with van der Waals surface area (Å²) in [6.45, 7) is 5.66. The molecule has 1 aromatic rings. The van der Waals surface area contributed by atoms with Crippen LogP contribution >= 0.6 is 0 Å². The lowest BCUT2D eigenvalue weighted by molar-refractivity contribution is 0.598. The van der Waals surface area contributed by atoms with Crippen LogP contribution in [-0.2, 0) is 6.54 Å². The minimum atomic E-state index is 0.497. The summed E-state index contributed by atoms with van der Waals surface area (Å²) in [5.74, 6) is 0.497. The number of rotatable bonds is 4. The van der Waals surface area contributed by atoms with E-state index >= 15 is 0 Å². The second-order valence-corrected chi connectivity index (χ2v) is 3.00. The van der Waals surface area contributed by atoms with Crippen LogP contribution < -0.4 is 5.73 Å². The van der Waals surface area contributed by atoms with E-state index < -0.39 is 0 Å². The van der Waals surface area contributed by atoms with Gasteiger partial charge < -0.3 is 5.73 Å². The van der Waals surface area contributed by atoms with E-state index in [9.17, 15) is 0 Å². The SMILES string of the molecule is CCC(C)c1cn(CCN)nn1. The lowest BCUT2D eigenvalue weighted by Gasteiger charge is -2.00. The van der Waals surface area contributed by atoms with Gasteiger partial charge in [0.1, 0.15) is 0 Å². The van der Waals surface area contributed by atoms with E-state index in [1.807, 2.05) is 6.20 Å². The van der Waals surface area contributed by atoms with Crippen LogP contribution in [0.25, 0.3) is 0 Å². The third-order valence-corrected chi connectivity index (χ3v) is 2.03. The van der Waals surface area contributed by atoms with Gasteiger partial charge in [0.25, 0.3) is 0 Å². The summed E-state index contributed by atoms with van der Waals surface area (Å²) < 4.78 is 1.79. The first-order chi connectivity index (χ1) is 5.77. The molecule has 0 fully saturated rings. The van der Waals surface area contributed by atoms with Crippen LogP contribution in [0.15, 0.2) is 6.20 Å². The Morgan fingerprint density at radius 2 is 2.42 bits per heavy atom. The van der Waals surface area contributed by atoms with Gasteiger partial charge in [0.2, 0.25) is 0 Å². The Morgan fingerprint density at radius 3 is 3.00 bits per heavy atom. The van der Waals surface area contributed by atoms with Crippen molar-refractivity contribution in [2.24, 2.45) is 5.73 Å². The third-order valence-electron chi connectivity index (χ3n) is 2.03. The van der Waals surface area contributed by atoms with Crippen molar-refractivity contribution in [3.8, 4) is 0 Å². The number of hydrogen-bond acceptors (Lipinski definition) is 3. The second-order valence-electron chi connectivity index (χ2n) is 3.00. The molecule has 0 spiro atoms. The molecular weight excluding hydrogens is 152 g/mol. The van der Waals surface area contributed by atoms with Crippen molar-refractivity contribution in [2.45, 2.75) is 32.7 Å². The first kappa shape index (κ1) is 9.19. The Hall–Kier alpha value is -0.900. The van der Waals surface area contributed by atoms with Gasteiger partial charge in [0.05, 0.1) is 12.2 Å². The predicted octanol–water partition coefficient (Wildman–Crippen LogP) is 0.750. The van der Waals surface area contributed by atoms with Crippen LogP contribution in [0.5, 0.6) is 0 Å². The van der Waals surface area contributed by atoms with Crippen LogP contribution in [-0.4, -0.2) is 21.5 Å². The van der Waals surface area contributed by atoms with Gasteiger partial charge in [-0.3, -0.25) is 4.68 Å². The van der Waals surface area contributed by atoms with Gasteiger partial charge in [0, 0.05) is 18.7 Å². The van der Waals surface area contributed by atoms with E-state index in [-0.39, 0.29) is 0 Å². The van der Waals surface area contributed by atoms with E-state index in [4.69, 9.17) is 5.73 Å². The van der Waals surface area contributed by atoms with Crippen molar-refractivity contribution >= 4 is 0 Å². The van der Waals surface area contributed by atoms with Crippen LogP contribution in [0.4, 0.5) is 0 Å². The van der Waals surface area contributed by atoms with Crippen molar-refractivity contribution in [3.05, 3.63) is 11.9 Å². The molecule has 1 rings (SSSR count). The summed E-state index contributed by atoms with van der Waals surface area (Å²) in [6, 6.07) is 0. The van der Waals surface area contributed by atoms with E-state index in [2.05, 4.69) is 24.2 Å². The molecule has 1 aromatic heterocycles. The number of nitrogens with zero attached hydrogens (tertiary/aromatic N) is 3. The highest BCUT2D eigenvalue weighted by atomic mass is 15.4. The molecule has 0 aliphatic carbocycles. The molecule has 0 radical (unpaired) electrons. The predicted molar refractivity (Wildman–Crippen MR) is 47.8 cm³/mol. The van der Waals surface area contributed by atoms with Crippen LogP contribution in [0, 0.1) is 0 Å². The van der Waals surface area contributed by atoms with Crippen LogP contribution in [0.2, 0.25) is 0 Å². The van der Waals surface area contributed by atoms with Gasteiger partial charge in [-0.15, -0.1) is 5.10 Å². The molecule has 1 atom stereocenters. The largest absolute Gasteiger partial charge is 0.329 e. The molecule has 0 aliphatic heterocycles. The average molecular weight is 168 g/mol. The summed E-state index contributed by atoms with van der Waals surface area (Å²) in [6.07, 6.45) is 3.07. The third kappa shape index (κ3) is 2.04. The van der Waals surface area contributed by atoms with Gasteiger partial charge >= 0.3 is 0 Å². The number of hydrogen-bond donors (Lipinski definition) is 1. The van der Waals surface area contributed by atoms with Gasteiger partial charge in [-0.1, -0.05) is 19.1 Å². The molecule has 4 nitrogen and oxygen atoms in total. The van der Waals surface area contributed by atoms with Gasteiger partial charge in [-0.2, -0.15) is 0 Å². The second kappa shape index (κ2) is 4.21. The molecule has 68 valence electrons. The van der Waals surface area contributed by atoms with E-state index in [0.717, 1.165) is 18.7 Å². The summed E-state index contributed by atoms with van der Waals surface area (Å²) in [4.78, 5) is 0. The first-order valence-corrected chi connectivity index (χ1v) is 4.38. The first-order valence-electron chi connectivity index (χ1n) is 4.38. The summed E-state index contributed by atoms with van der Waals surface area (Å²) >= 11 is 0. The molecule has 0 aliphatic rings. The van der Waals surface area contributed by atoms with Gasteiger partial charge in [0.15, 0.2) is 0 Å². The monoisotopic (exact) mass is 168 g/mol. The molecule has 0 bridgehead atoms. The number of aromatic nitrogens is 3. The van der Waals surface area contributed by atoms with Gasteiger partial charge in [-0.05, 0) is 6.42 Å². The lowest BCUT2D eigenvalue weighted by atomic mass is 10.1. The molecule has 4 heteroatoms. The van der Waals surface area contributed by atoms with Crippen molar-refractivity contribution in [1.82, 2.24) is 15.0 Å². The molecule has 0 aromatic carbocycles. The molecule has 12 heavy (non-hydrogen) atoms. The summed E-state index contributed by atoms with van der Waals surface area (Å²) in [5.41, 5.74) is 6.45. The zero-order valence-corrected chi connectivity index (χ0v) is 7.70. The lowest BCUT2D eigenvalue weighted by Crippen LogP contribution is -2.10. The average Bonchev–Trinajstić information content (AvgIpc) is 2.52. The van der Waals surface area contributed by atoms with Crippen LogP contribution in [0.1, 0.15) is 31.9 Å². The van der Waals surface area contributed by atoms with Crippen molar-refractivity contribution in [3.63, 3.8) is 0 Å². The fraction of sp³-hybridized carbons (Fsp3) is 0.750. The molecule has 0 saturated heterocycles. The van der Waals surface area contributed by atoms with Gasteiger partial charge in [-0.25, -0.2) is 0 Å². The fourth-order valence-corrected chi connectivity index (χ4v) is 0.990. The van der Waals surface area contributed by atoms with E-state index in [1.165, 1.54) is 0 Å². The standard InChI is InChI=1S/C8H16N4/c1-3-7(2)8-6-12(5-4-9)11-10-8/h6-7H,3-5,9H2,1-2H3.